The smallest absolute Gasteiger partial charge is 0.297 e. The van der Waals surface area contributed by atoms with E-state index in [1.807, 2.05) is 65.6 Å². The topological polar surface area (TPSA) is 87.5 Å². The highest BCUT2D eigenvalue weighted by Crippen LogP contribution is 2.30. The number of aromatic hydroxyl groups is 1. The zero-order chi connectivity index (χ0) is 20.3. The van der Waals surface area contributed by atoms with Gasteiger partial charge in [-0.1, -0.05) is 60.7 Å². The second kappa shape index (κ2) is 7.96. The van der Waals surface area contributed by atoms with Crippen LogP contribution in [-0.2, 0) is 7.05 Å². The minimum absolute atomic E-state index is 0.248. The summed E-state index contributed by atoms with van der Waals surface area (Å²) in [6, 6.07) is 19.4. The summed E-state index contributed by atoms with van der Waals surface area (Å²) < 4.78 is 1.24. The van der Waals surface area contributed by atoms with Crippen LogP contribution in [0.2, 0.25) is 0 Å². The lowest BCUT2D eigenvalue weighted by molar-refractivity contribution is 0.0954. The molecule has 7 heteroatoms. The molecule has 3 aromatic rings. The van der Waals surface area contributed by atoms with Gasteiger partial charge in [0.1, 0.15) is 0 Å². The Hall–Kier alpha value is -3.61. The second-order valence-corrected chi connectivity index (χ2v) is 6.39. The minimum atomic E-state index is -0.685. The summed E-state index contributed by atoms with van der Waals surface area (Å²) in [5, 5.41) is 12.5. The Kier molecular flexibility index (Phi) is 5.44. The summed E-state index contributed by atoms with van der Waals surface area (Å²) in [6.07, 6.45) is 0. The highest BCUT2D eigenvalue weighted by atomic mass is 16.3. The normalized spacial score (nSPS) is 10.7. The lowest BCUT2D eigenvalue weighted by Gasteiger charge is -2.31. The van der Waals surface area contributed by atoms with E-state index < -0.39 is 17.2 Å². The first-order valence-corrected chi connectivity index (χ1v) is 8.80. The maximum Gasteiger partial charge on any atom is 0.297 e. The van der Waals surface area contributed by atoms with Crippen molar-refractivity contribution in [3.8, 4) is 5.75 Å². The van der Waals surface area contributed by atoms with Gasteiger partial charge in [0.25, 0.3) is 11.5 Å². The van der Waals surface area contributed by atoms with Crippen molar-refractivity contribution < 1.29 is 9.90 Å². The molecule has 0 aliphatic carbocycles. The number of benzene rings is 2. The number of carbonyl (C=O) groups excluding carboxylic acids is 1. The molecule has 28 heavy (non-hydrogen) atoms. The van der Waals surface area contributed by atoms with Gasteiger partial charge in [-0.3, -0.25) is 14.2 Å². The molecule has 0 radical (unpaired) electrons. The average Bonchev–Trinajstić information content (AvgIpc) is 2.73. The van der Waals surface area contributed by atoms with E-state index in [1.54, 1.807) is 7.05 Å². The van der Waals surface area contributed by atoms with E-state index >= 15 is 0 Å². The Labute approximate surface area is 162 Å². The molecule has 0 saturated carbocycles. The van der Waals surface area contributed by atoms with E-state index in [4.69, 9.17) is 0 Å². The molecule has 0 aliphatic heterocycles. The standard InChI is InChI=1S/C21H22N4O3/c1-22-19(27)16-18(26)20(28)25(3)21(23-16)24(2)17(14-10-6-4-7-11-14)15-12-8-5-9-13-15/h4-13,17,26H,1-3H3,(H,22,27). The molecule has 7 nitrogen and oxygen atoms in total. The minimum Gasteiger partial charge on any atom is -0.501 e. The number of amides is 1. The number of rotatable bonds is 5. The van der Waals surface area contributed by atoms with Gasteiger partial charge in [-0.15, -0.1) is 0 Å². The van der Waals surface area contributed by atoms with Gasteiger partial charge < -0.3 is 15.3 Å². The number of nitrogens with one attached hydrogen (secondary N) is 1. The third-order valence-electron chi connectivity index (χ3n) is 4.62. The van der Waals surface area contributed by atoms with E-state index in [2.05, 4.69) is 10.3 Å². The van der Waals surface area contributed by atoms with Crippen LogP contribution < -0.4 is 15.8 Å². The summed E-state index contributed by atoms with van der Waals surface area (Å²) in [7, 11) is 4.74. The van der Waals surface area contributed by atoms with Crippen LogP contribution in [0, 0.1) is 0 Å². The average molecular weight is 378 g/mol. The van der Waals surface area contributed by atoms with Crippen molar-refractivity contribution in [1.29, 1.82) is 0 Å². The molecule has 1 amide bonds. The number of aromatic nitrogens is 2. The Bertz CT molecular complexity index is 993. The van der Waals surface area contributed by atoms with Crippen LogP contribution in [0.1, 0.15) is 27.7 Å². The van der Waals surface area contributed by atoms with Gasteiger partial charge >= 0.3 is 0 Å². The van der Waals surface area contributed by atoms with Crippen LogP contribution in [0.15, 0.2) is 65.5 Å². The predicted molar refractivity (Wildman–Crippen MR) is 108 cm³/mol. The molecule has 0 fully saturated rings. The van der Waals surface area contributed by atoms with Crippen LogP contribution in [0.5, 0.6) is 5.75 Å². The summed E-state index contributed by atoms with van der Waals surface area (Å²) in [6.45, 7) is 0. The molecule has 144 valence electrons. The number of anilines is 1. The van der Waals surface area contributed by atoms with Crippen molar-refractivity contribution >= 4 is 11.9 Å². The van der Waals surface area contributed by atoms with Gasteiger partial charge in [-0.05, 0) is 11.1 Å². The van der Waals surface area contributed by atoms with E-state index in [0.29, 0.717) is 0 Å². The molecule has 0 spiro atoms. The molecule has 3 rings (SSSR count). The third kappa shape index (κ3) is 3.46. The monoisotopic (exact) mass is 378 g/mol. The van der Waals surface area contributed by atoms with Crippen molar-refractivity contribution in [2.75, 3.05) is 19.0 Å². The maximum atomic E-state index is 12.5. The first kappa shape index (κ1) is 19.2. The van der Waals surface area contributed by atoms with Gasteiger partial charge in [0.05, 0.1) is 6.04 Å². The Morgan fingerprint density at radius 1 is 1.07 bits per heavy atom. The van der Waals surface area contributed by atoms with Crippen LogP contribution in [0.3, 0.4) is 0 Å². The number of nitrogens with zero attached hydrogens (tertiary/aromatic N) is 3. The predicted octanol–water partition coefficient (Wildman–Crippen LogP) is 2.07. The highest BCUT2D eigenvalue weighted by molar-refractivity contribution is 5.94. The highest BCUT2D eigenvalue weighted by Gasteiger charge is 2.26. The molecule has 2 aromatic carbocycles. The van der Waals surface area contributed by atoms with E-state index in [0.717, 1.165) is 11.1 Å². The fourth-order valence-corrected chi connectivity index (χ4v) is 3.20. The molecular weight excluding hydrogens is 356 g/mol. The first-order chi connectivity index (χ1) is 13.5. The van der Waals surface area contributed by atoms with Crippen LogP contribution in [0.25, 0.3) is 0 Å². The van der Waals surface area contributed by atoms with Gasteiger partial charge in [0, 0.05) is 21.1 Å². The van der Waals surface area contributed by atoms with E-state index in [9.17, 15) is 14.7 Å². The van der Waals surface area contributed by atoms with Crippen molar-refractivity contribution in [1.82, 2.24) is 14.9 Å². The third-order valence-corrected chi connectivity index (χ3v) is 4.62. The first-order valence-electron chi connectivity index (χ1n) is 8.80. The number of hydrogen-bond acceptors (Lipinski definition) is 5. The van der Waals surface area contributed by atoms with Gasteiger partial charge in [0.2, 0.25) is 11.7 Å². The SMILES string of the molecule is CNC(=O)c1nc(N(C)C(c2ccccc2)c2ccccc2)n(C)c(=O)c1O. The quantitative estimate of drug-likeness (QED) is 0.710. The van der Waals surface area contributed by atoms with Crippen LogP contribution >= 0.6 is 0 Å². The molecule has 0 unspecified atom stereocenters. The summed E-state index contributed by atoms with van der Waals surface area (Å²) in [5.41, 5.74) is 1.02. The van der Waals surface area contributed by atoms with Crippen molar-refractivity contribution in [2.45, 2.75) is 6.04 Å². The van der Waals surface area contributed by atoms with Gasteiger partial charge in [-0.25, -0.2) is 4.98 Å². The molecule has 2 N–H and O–H groups in total. The van der Waals surface area contributed by atoms with Crippen molar-refractivity contribution in [3.05, 3.63) is 87.8 Å². The lowest BCUT2D eigenvalue weighted by atomic mass is 9.98. The van der Waals surface area contributed by atoms with Crippen LogP contribution in [0.4, 0.5) is 5.95 Å². The zero-order valence-corrected chi connectivity index (χ0v) is 16.0. The summed E-state index contributed by atoms with van der Waals surface area (Å²) >= 11 is 0. The molecule has 0 atom stereocenters. The summed E-state index contributed by atoms with van der Waals surface area (Å²) in [4.78, 5) is 30.7. The number of carbonyl (C=O) groups is 1. The molecule has 0 saturated heterocycles. The number of hydrogen-bond donors (Lipinski definition) is 2. The van der Waals surface area contributed by atoms with E-state index in [1.165, 1.54) is 18.7 Å². The molecular formula is C21H22N4O3. The molecule has 0 aliphatic rings. The Morgan fingerprint density at radius 3 is 2.04 bits per heavy atom. The molecule has 1 aromatic heterocycles. The Morgan fingerprint density at radius 2 is 1.57 bits per heavy atom. The van der Waals surface area contributed by atoms with Crippen LogP contribution in [-0.4, -0.2) is 34.7 Å². The lowest BCUT2D eigenvalue weighted by Crippen LogP contribution is -2.34. The fourth-order valence-electron chi connectivity index (χ4n) is 3.20. The van der Waals surface area contributed by atoms with Gasteiger partial charge in [-0.2, -0.15) is 0 Å². The fraction of sp³-hybridized carbons (Fsp3) is 0.190. The van der Waals surface area contributed by atoms with Crippen molar-refractivity contribution in [2.24, 2.45) is 7.05 Å². The van der Waals surface area contributed by atoms with E-state index in [-0.39, 0.29) is 17.7 Å². The van der Waals surface area contributed by atoms with Gasteiger partial charge in [0.15, 0.2) is 5.69 Å². The molecule has 0 bridgehead atoms. The largest absolute Gasteiger partial charge is 0.501 e. The maximum absolute atomic E-state index is 12.5. The summed E-state index contributed by atoms with van der Waals surface area (Å²) in [5.74, 6) is -1.03. The van der Waals surface area contributed by atoms with Crippen molar-refractivity contribution in [3.63, 3.8) is 0 Å². The Balaban J connectivity index is 2.19. The zero-order valence-electron chi connectivity index (χ0n) is 16.0. The molecule has 1 heterocycles. The second-order valence-electron chi connectivity index (χ2n) is 6.39.